The van der Waals surface area contributed by atoms with Crippen LogP contribution in [0.3, 0.4) is 0 Å². The number of benzene rings is 2. The molecule has 0 radical (unpaired) electrons. The lowest BCUT2D eigenvalue weighted by atomic mass is 10.0. The summed E-state index contributed by atoms with van der Waals surface area (Å²) < 4.78 is 39.6. The number of hydrogen-bond donors (Lipinski definition) is 3. The number of halogens is 4. The zero-order valence-electron chi connectivity index (χ0n) is 12.6. The summed E-state index contributed by atoms with van der Waals surface area (Å²) in [7, 11) is 0. The van der Waals surface area contributed by atoms with Gasteiger partial charge in [0.1, 0.15) is 0 Å². The van der Waals surface area contributed by atoms with Crippen LogP contribution in [0.15, 0.2) is 48.5 Å². The average molecular weight is 368 g/mol. The minimum atomic E-state index is -4.67. The van der Waals surface area contributed by atoms with E-state index in [1.54, 1.807) is 30.3 Å². The normalized spacial score (nSPS) is 10.0. The number of nitrogens with one attached hydrogen (secondary N) is 2. The predicted molar refractivity (Wildman–Crippen MR) is 90.5 cm³/mol. The first kappa shape index (κ1) is 20.1. The number of carbonyl (C=O) groups is 1. The van der Waals surface area contributed by atoms with Crippen LogP contribution in [-0.2, 0) is 6.18 Å². The molecule has 2 aromatic rings. The van der Waals surface area contributed by atoms with E-state index in [1.165, 1.54) is 6.07 Å². The van der Waals surface area contributed by atoms with Crippen molar-refractivity contribution in [1.29, 1.82) is 5.41 Å². The quantitative estimate of drug-likeness (QED) is 0.411. The van der Waals surface area contributed by atoms with Crippen LogP contribution < -0.4 is 11.1 Å². The van der Waals surface area contributed by atoms with Crippen molar-refractivity contribution in [2.75, 3.05) is 0 Å². The van der Waals surface area contributed by atoms with E-state index >= 15 is 0 Å². The molecule has 1 amide bonds. The molecule has 0 saturated carbocycles. The highest BCUT2D eigenvalue weighted by molar-refractivity contribution is 6.04. The first-order valence-electron chi connectivity index (χ1n) is 6.71. The SMILES string of the molecule is Cl.N=C(N)NC(=O)c1ccc(C#Cc2ccccc2)c(C(F)(F)F)c1. The Labute approximate surface area is 148 Å². The predicted octanol–water partition coefficient (Wildman–Crippen LogP) is 3.15. The van der Waals surface area contributed by atoms with Gasteiger partial charge in [-0.15, -0.1) is 12.4 Å². The van der Waals surface area contributed by atoms with Gasteiger partial charge >= 0.3 is 6.18 Å². The first-order chi connectivity index (χ1) is 11.3. The zero-order chi connectivity index (χ0) is 17.7. The number of carbonyl (C=O) groups excluding carboxylic acids is 1. The third-order valence-electron chi connectivity index (χ3n) is 2.95. The number of hydrogen-bond acceptors (Lipinski definition) is 2. The van der Waals surface area contributed by atoms with Gasteiger partial charge in [0.2, 0.25) is 0 Å². The Morgan fingerprint density at radius 3 is 2.28 bits per heavy atom. The van der Waals surface area contributed by atoms with Crippen LogP contribution >= 0.6 is 12.4 Å². The smallest absolute Gasteiger partial charge is 0.370 e. The molecular weight excluding hydrogens is 355 g/mol. The second-order valence-electron chi connectivity index (χ2n) is 4.74. The van der Waals surface area contributed by atoms with Crippen LogP contribution in [0.2, 0.25) is 0 Å². The summed E-state index contributed by atoms with van der Waals surface area (Å²) >= 11 is 0. The van der Waals surface area contributed by atoms with Crippen molar-refractivity contribution in [1.82, 2.24) is 5.32 Å². The van der Waals surface area contributed by atoms with Crippen molar-refractivity contribution >= 4 is 24.3 Å². The Hall–Kier alpha value is -2.98. The molecule has 4 N–H and O–H groups in total. The molecule has 0 spiro atoms. The Morgan fingerprint density at radius 2 is 1.72 bits per heavy atom. The second kappa shape index (κ2) is 8.22. The molecule has 8 heteroatoms. The van der Waals surface area contributed by atoms with Gasteiger partial charge in [-0.25, -0.2) is 0 Å². The molecule has 0 fully saturated rings. The lowest BCUT2D eigenvalue weighted by molar-refractivity contribution is -0.137. The molecule has 0 aromatic heterocycles. The molecule has 0 bridgehead atoms. The van der Waals surface area contributed by atoms with Gasteiger partial charge in [-0.2, -0.15) is 13.2 Å². The Kier molecular flexibility index (Phi) is 6.60. The van der Waals surface area contributed by atoms with E-state index < -0.39 is 23.6 Å². The summed E-state index contributed by atoms with van der Waals surface area (Å²) in [6.07, 6.45) is -4.67. The Balaban J connectivity index is 0.00000312. The van der Waals surface area contributed by atoms with Crippen molar-refractivity contribution in [3.63, 3.8) is 0 Å². The molecule has 0 aliphatic heterocycles. The number of guanidine groups is 1. The van der Waals surface area contributed by atoms with Gasteiger partial charge in [0.25, 0.3) is 5.91 Å². The topological polar surface area (TPSA) is 79.0 Å². The van der Waals surface area contributed by atoms with Crippen LogP contribution in [-0.4, -0.2) is 11.9 Å². The molecule has 25 heavy (non-hydrogen) atoms. The number of amides is 1. The van der Waals surface area contributed by atoms with Crippen molar-refractivity contribution in [3.8, 4) is 11.8 Å². The van der Waals surface area contributed by atoms with E-state index in [0.29, 0.717) is 11.6 Å². The lowest BCUT2D eigenvalue weighted by Gasteiger charge is -2.11. The summed E-state index contributed by atoms with van der Waals surface area (Å²) in [5.41, 5.74) is 4.04. The summed E-state index contributed by atoms with van der Waals surface area (Å²) in [6.45, 7) is 0. The maximum absolute atomic E-state index is 13.2. The maximum atomic E-state index is 13.2. The third-order valence-corrected chi connectivity index (χ3v) is 2.95. The number of nitrogens with two attached hydrogens (primary N) is 1. The second-order valence-corrected chi connectivity index (χ2v) is 4.74. The fourth-order valence-corrected chi connectivity index (χ4v) is 1.88. The summed E-state index contributed by atoms with van der Waals surface area (Å²) in [6, 6.07) is 11.6. The van der Waals surface area contributed by atoms with Gasteiger partial charge in [-0.3, -0.25) is 15.5 Å². The largest absolute Gasteiger partial charge is 0.417 e. The Bertz CT molecular complexity index is 840. The molecule has 2 aromatic carbocycles. The fraction of sp³-hybridized carbons (Fsp3) is 0.0588. The van der Waals surface area contributed by atoms with Crippen molar-refractivity contribution in [2.24, 2.45) is 5.73 Å². The molecule has 0 atom stereocenters. The van der Waals surface area contributed by atoms with Gasteiger partial charge in [0.05, 0.1) is 5.56 Å². The van der Waals surface area contributed by atoms with Gasteiger partial charge in [0, 0.05) is 16.7 Å². The highest BCUT2D eigenvalue weighted by Gasteiger charge is 2.33. The van der Waals surface area contributed by atoms with E-state index in [9.17, 15) is 18.0 Å². The number of alkyl halides is 3. The molecule has 0 unspecified atom stereocenters. The van der Waals surface area contributed by atoms with E-state index in [1.807, 2.05) is 5.32 Å². The van der Waals surface area contributed by atoms with Crippen molar-refractivity contribution < 1.29 is 18.0 Å². The molecule has 4 nitrogen and oxygen atoms in total. The van der Waals surface area contributed by atoms with E-state index in [-0.39, 0.29) is 23.5 Å². The fourth-order valence-electron chi connectivity index (χ4n) is 1.88. The van der Waals surface area contributed by atoms with Crippen LogP contribution in [0.4, 0.5) is 13.2 Å². The highest BCUT2D eigenvalue weighted by atomic mass is 35.5. The van der Waals surface area contributed by atoms with Crippen LogP contribution in [0, 0.1) is 17.3 Å². The maximum Gasteiger partial charge on any atom is 0.417 e. The summed E-state index contributed by atoms with van der Waals surface area (Å²) in [5.74, 6) is 3.58. The van der Waals surface area contributed by atoms with E-state index in [2.05, 4.69) is 11.8 Å². The van der Waals surface area contributed by atoms with Crippen LogP contribution in [0.1, 0.15) is 27.0 Å². The monoisotopic (exact) mass is 367 g/mol. The average Bonchev–Trinajstić information content (AvgIpc) is 2.52. The van der Waals surface area contributed by atoms with E-state index in [0.717, 1.165) is 6.07 Å². The molecular formula is C17H13ClF3N3O. The highest BCUT2D eigenvalue weighted by Crippen LogP contribution is 2.32. The summed E-state index contributed by atoms with van der Waals surface area (Å²) in [4.78, 5) is 11.7. The molecule has 0 aliphatic carbocycles. The summed E-state index contributed by atoms with van der Waals surface area (Å²) in [5, 5.41) is 8.89. The van der Waals surface area contributed by atoms with Crippen LogP contribution in [0.25, 0.3) is 0 Å². The minimum absolute atomic E-state index is 0. The Morgan fingerprint density at radius 1 is 1.08 bits per heavy atom. The van der Waals surface area contributed by atoms with Gasteiger partial charge in [0.15, 0.2) is 5.96 Å². The minimum Gasteiger partial charge on any atom is -0.370 e. The molecule has 2 rings (SSSR count). The molecule has 0 saturated heterocycles. The molecule has 130 valence electrons. The zero-order valence-corrected chi connectivity index (χ0v) is 13.5. The van der Waals surface area contributed by atoms with Crippen molar-refractivity contribution in [2.45, 2.75) is 6.18 Å². The van der Waals surface area contributed by atoms with Crippen LogP contribution in [0.5, 0.6) is 0 Å². The van der Waals surface area contributed by atoms with Crippen molar-refractivity contribution in [3.05, 3.63) is 70.8 Å². The van der Waals surface area contributed by atoms with E-state index in [4.69, 9.17) is 11.1 Å². The lowest BCUT2D eigenvalue weighted by Crippen LogP contribution is -2.35. The molecule has 0 aliphatic rings. The standard InChI is InChI=1S/C17H12F3N3O.ClH/c18-17(19,20)14-10-13(15(24)23-16(21)22)9-8-12(14)7-6-11-4-2-1-3-5-11;/h1-5,8-10H,(H4,21,22,23,24);1H. The van der Waals surface area contributed by atoms with Gasteiger partial charge < -0.3 is 5.73 Å². The van der Waals surface area contributed by atoms with Gasteiger partial charge in [-0.05, 0) is 30.3 Å². The number of rotatable bonds is 1. The third kappa shape index (κ3) is 5.55. The van der Waals surface area contributed by atoms with Gasteiger partial charge in [-0.1, -0.05) is 30.0 Å². The molecule has 0 heterocycles. The first-order valence-corrected chi connectivity index (χ1v) is 6.71.